The molecule has 0 spiro atoms. The summed E-state index contributed by atoms with van der Waals surface area (Å²) >= 11 is 0. The van der Waals surface area contributed by atoms with Crippen LogP contribution in [0.4, 0.5) is 10.5 Å². The van der Waals surface area contributed by atoms with Crippen LogP contribution in [0.15, 0.2) is 53.3 Å². The minimum absolute atomic E-state index is 0.200. The number of carbonyl (C=O) groups excluding carboxylic acids is 1. The Morgan fingerprint density at radius 1 is 1.15 bits per heavy atom. The number of methoxy groups -OCH3 is 1. The van der Waals surface area contributed by atoms with Crippen LogP contribution in [0.1, 0.15) is 0 Å². The molecular formula is C24H24N6O4. The molecule has 10 heteroatoms. The van der Waals surface area contributed by atoms with E-state index >= 15 is 0 Å². The fourth-order valence-corrected chi connectivity index (χ4v) is 4.02. The zero-order valence-electron chi connectivity index (χ0n) is 18.9. The van der Waals surface area contributed by atoms with Gasteiger partial charge in [-0.2, -0.15) is 5.10 Å². The van der Waals surface area contributed by atoms with Crippen molar-refractivity contribution in [2.75, 3.05) is 38.7 Å². The summed E-state index contributed by atoms with van der Waals surface area (Å²) in [7, 11) is 3.28. The van der Waals surface area contributed by atoms with Crippen molar-refractivity contribution in [3.05, 3.63) is 58.9 Å². The number of anilines is 1. The number of aromatic amines is 1. The highest BCUT2D eigenvalue weighted by Crippen LogP contribution is 2.32. The lowest BCUT2D eigenvalue weighted by Gasteiger charge is -2.27. The quantitative estimate of drug-likeness (QED) is 0.484. The van der Waals surface area contributed by atoms with Gasteiger partial charge in [0.2, 0.25) is 0 Å². The topological polar surface area (TPSA) is 114 Å². The van der Waals surface area contributed by atoms with E-state index in [1.807, 2.05) is 30.3 Å². The van der Waals surface area contributed by atoms with Gasteiger partial charge in [0.15, 0.2) is 5.65 Å². The van der Waals surface area contributed by atoms with Crippen molar-refractivity contribution >= 4 is 22.8 Å². The van der Waals surface area contributed by atoms with Crippen LogP contribution in [0, 0.1) is 0 Å². The van der Waals surface area contributed by atoms with Crippen molar-refractivity contribution in [3.63, 3.8) is 0 Å². The number of aryl methyl sites for hydroxylation is 1. The molecule has 2 aromatic carbocycles. The number of nitrogens with zero attached hydrogens (tertiary/aromatic N) is 4. The minimum atomic E-state index is -0.293. The van der Waals surface area contributed by atoms with Crippen molar-refractivity contribution in [2.24, 2.45) is 7.05 Å². The molecule has 3 heterocycles. The molecule has 0 radical (unpaired) electrons. The second-order valence-corrected chi connectivity index (χ2v) is 7.90. The first-order valence-electron chi connectivity index (χ1n) is 10.9. The van der Waals surface area contributed by atoms with E-state index in [-0.39, 0.29) is 11.6 Å². The molecule has 10 nitrogen and oxygen atoms in total. The highest BCUT2D eigenvalue weighted by molar-refractivity contribution is 5.92. The first-order chi connectivity index (χ1) is 16.5. The number of ether oxygens (including phenoxy) is 2. The zero-order valence-corrected chi connectivity index (χ0v) is 18.9. The Bertz CT molecular complexity index is 1410. The van der Waals surface area contributed by atoms with Gasteiger partial charge in [-0.25, -0.2) is 14.5 Å². The van der Waals surface area contributed by atoms with Crippen LogP contribution in [0.25, 0.3) is 33.7 Å². The van der Waals surface area contributed by atoms with Gasteiger partial charge in [0.1, 0.15) is 22.7 Å². The highest BCUT2D eigenvalue weighted by atomic mass is 16.5. The summed E-state index contributed by atoms with van der Waals surface area (Å²) in [6.07, 6.45) is 0. The van der Waals surface area contributed by atoms with E-state index < -0.39 is 0 Å². The van der Waals surface area contributed by atoms with E-state index in [4.69, 9.17) is 9.47 Å². The minimum Gasteiger partial charge on any atom is -0.496 e. The summed E-state index contributed by atoms with van der Waals surface area (Å²) in [4.78, 5) is 34.9. The molecule has 1 aliphatic rings. The summed E-state index contributed by atoms with van der Waals surface area (Å²) < 4.78 is 12.4. The Kier molecular flexibility index (Phi) is 5.72. The summed E-state index contributed by atoms with van der Waals surface area (Å²) in [5.41, 5.74) is 2.75. The van der Waals surface area contributed by atoms with Crippen molar-refractivity contribution in [1.82, 2.24) is 24.6 Å². The van der Waals surface area contributed by atoms with E-state index in [2.05, 4.69) is 20.4 Å². The Labute approximate surface area is 195 Å². The Balaban J connectivity index is 1.50. The molecule has 174 valence electrons. The van der Waals surface area contributed by atoms with Crippen LogP contribution in [0.2, 0.25) is 0 Å². The molecular weight excluding hydrogens is 436 g/mol. The molecule has 2 N–H and O–H groups in total. The Hall–Kier alpha value is -4.18. The third kappa shape index (κ3) is 3.99. The predicted molar refractivity (Wildman–Crippen MR) is 128 cm³/mol. The fraction of sp³-hybridized carbons (Fsp3) is 0.250. The molecule has 0 saturated carbocycles. The van der Waals surface area contributed by atoms with E-state index in [9.17, 15) is 9.59 Å². The van der Waals surface area contributed by atoms with Gasteiger partial charge in [-0.05, 0) is 12.1 Å². The number of carbonyl (C=O) groups is 1. The maximum atomic E-state index is 13.1. The normalized spacial score (nSPS) is 13.8. The third-order valence-electron chi connectivity index (χ3n) is 5.75. The van der Waals surface area contributed by atoms with Gasteiger partial charge in [0.25, 0.3) is 5.56 Å². The number of aromatic nitrogens is 4. The highest BCUT2D eigenvalue weighted by Gasteiger charge is 2.20. The number of nitrogens with one attached hydrogen (secondary N) is 2. The Morgan fingerprint density at radius 3 is 2.65 bits per heavy atom. The number of morpholine rings is 1. The lowest BCUT2D eigenvalue weighted by atomic mass is 10.1. The number of hydrogen-bond donors (Lipinski definition) is 2. The molecule has 4 aromatic rings. The first-order valence-corrected chi connectivity index (χ1v) is 10.9. The van der Waals surface area contributed by atoms with Crippen LogP contribution in [-0.4, -0.2) is 64.1 Å². The molecule has 5 rings (SSSR count). The molecule has 1 aliphatic heterocycles. The number of urea groups is 1. The average Bonchev–Trinajstić information content (AvgIpc) is 3.22. The van der Waals surface area contributed by atoms with Crippen LogP contribution in [-0.2, 0) is 11.8 Å². The van der Waals surface area contributed by atoms with Gasteiger partial charge in [0, 0.05) is 37.5 Å². The molecule has 0 bridgehead atoms. The number of H-pyrrole nitrogens is 1. The second kappa shape index (κ2) is 8.99. The van der Waals surface area contributed by atoms with E-state index in [1.54, 1.807) is 34.8 Å². The van der Waals surface area contributed by atoms with Gasteiger partial charge in [-0.3, -0.25) is 4.79 Å². The van der Waals surface area contributed by atoms with Crippen LogP contribution < -0.4 is 15.6 Å². The van der Waals surface area contributed by atoms with Gasteiger partial charge < -0.3 is 24.7 Å². The molecule has 0 atom stereocenters. The van der Waals surface area contributed by atoms with Crippen molar-refractivity contribution in [2.45, 2.75) is 0 Å². The smallest absolute Gasteiger partial charge is 0.322 e. The van der Waals surface area contributed by atoms with Gasteiger partial charge in [0.05, 0.1) is 25.9 Å². The molecule has 34 heavy (non-hydrogen) atoms. The monoisotopic (exact) mass is 460 g/mol. The van der Waals surface area contributed by atoms with Crippen LogP contribution in [0.5, 0.6) is 5.75 Å². The van der Waals surface area contributed by atoms with Gasteiger partial charge in [-0.15, -0.1) is 0 Å². The summed E-state index contributed by atoms with van der Waals surface area (Å²) in [6.45, 7) is 2.14. The maximum absolute atomic E-state index is 13.1. The summed E-state index contributed by atoms with van der Waals surface area (Å²) in [5, 5.41) is 7.83. The largest absolute Gasteiger partial charge is 0.496 e. The predicted octanol–water partition coefficient (Wildman–Crippen LogP) is 2.86. The lowest BCUT2D eigenvalue weighted by molar-refractivity contribution is 0.0564. The molecule has 2 amide bonds. The molecule has 2 aromatic heterocycles. The van der Waals surface area contributed by atoms with Gasteiger partial charge >= 0.3 is 6.03 Å². The summed E-state index contributed by atoms with van der Waals surface area (Å²) in [6, 6.07) is 14.5. The zero-order chi connectivity index (χ0) is 23.7. The number of hydrogen-bond acceptors (Lipinski definition) is 6. The molecule has 0 unspecified atom stereocenters. The summed E-state index contributed by atoms with van der Waals surface area (Å²) in [5.74, 6) is 0.816. The van der Waals surface area contributed by atoms with Gasteiger partial charge in [-0.1, -0.05) is 30.3 Å². The average molecular weight is 460 g/mol. The van der Waals surface area contributed by atoms with Crippen molar-refractivity contribution in [1.29, 1.82) is 0 Å². The van der Waals surface area contributed by atoms with Crippen LogP contribution >= 0.6 is 0 Å². The molecule has 1 saturated heterocycles. The molecule has 1 fully saturated rings. The Morgan fingerprint density at radius 2 is 1.91 bits per heavy atom. The SMILES string of the molecule is COc1cc(NC(=O)N2CCOCC2)ccc1-c1nc2c(c(-c3ccccc3)nn2C)c(=O)[nH]1. The second-order valence-electron chi connectivity index (χ2n) is 7.90. The number of fused-ring (bicyclic) bond motifs is 1. The maximum Gasteiger partial charge on any atom is 0.322 e. The molecule has 0 aliphatic carbocycles. The van der Waals surface area contributed by atoms with E-state index in [0.717, 1.165) is 5.56 Å². The standard InChI is InChI=1S/C24H24N6O4/c1-29-22-19(20(28-29)15-6-4-3-5-7-15)23(31)27-21(26-22)17-9-8-16(14-18(17)33-2)25-24(32)30-10-12-34-13-11-30/h3-9,14H,10-13H2,1-2H3,(H,25,32)(H,26,27,31). The van der Waals surface area contributed by atoms with Crippen molar-refractivity contribution < 1.29 is 14.3 Å². The first kappa shape index (κ1) is 21.7. The fourth-order valence-electron chi connectivity index (χ4n) is 4.02. The third-order valence-corrected chi connectivity index (χ3v) is 5.75. The van der Waals surface area contributed by atoms with E-state index in [1.165, 1.54) is 7.11 Å². The van der Waals surface area contributed by atoms with Crippen LogP contribution in [0.3, 0.4) is 0 Å². The van der Waals surface area contributed by atoms with E-state index in [0.29, 0.717) is 65.9 Å². The van der Waals surface area contributed by atoms with Crippen molar-refractivity contribution in [3.8, 4) is 28.4 Å². The number of rotatable bonds is 4. The number of benzene rings is 2. The lowest BCUT2D eigenvalue weighted by Crippen LogP contribution is -2.43. The number of amides is 2.